The number of carboxylic acids is 1. The maximum atomic E-state index is 13.8. The molecular weight excluding hydrogens is 367 g/mol. The molecule has 144 valence electrons. The van der Waals surface area contributed by atoms with Crippen molar-refractivity contribution < 1.29 is 14.3 Å². The van der Waals surface area contributed by atoms with Gasteiger partial charge in [0.05, 0.1) is 22.5 Å². The number of benzene rings is 3. The molecule has 0 bridgehead atoms. The Morgan fingerprint density at radius 2 is 1.62 bits per heavy atom. The van der Waals surface area contributed by atoms with Crippen LogP contribution in [-0.4, -0.2) is 22.6 Å². The van der Waals surface area contributed by atoms with Crippen LogP contribution in [-0.2, 0) is 0 Å². The molecule has 1 aromatic heterocycles. The van der Waals surface area contributed by atoms with Crippen LogP contribution in [0.25, 0.3) is 33.3 Å². The summed E-state index contributed by atoms with van der Waals surface area (Å²) in [7, 11) is 0. The van der Waals surface area contributed by atoms with Crippen molar-refractivity contribution in [2.24, 2.45) is 0 Å². The molecule has 1 heterocycles. The average Bonchev–Trinajstić information content (AvgIpc) is 2.74. The summed E-state index contributed by atoms with van der Waals surface area (Å²) in [5.74, 6) is -1.62. The van der Waals surface area contributed by atoms with Gasteiger partial charge in [-0.2, -0.15) is 0 Å². The number of nitrogens with zero attached hydrogens (tertiary/aromatic N) is 1. The number of aromatic carboxylic acids is 1. The molecule has 0 saturated carbocycles. The van der Waals surface area contributed by atoms with Gasteiger partial charge in [-0.3, -0.25) is 0 Å². The number of fused-ring (bicyclic) bond motifs is 1. The largest absolute Gasteiger partial charge is 0.478 e. The Labute approximate surface area is 167 Å². The number of aromatic nitrogens is 1. The first-order valence-corrected chi connectivity index (χ1v) is 9.34. The third-order valence-corrected chi connectivity index (χ3v) is 4.78. The molecule has 4 nitrogen and oxygen atoms in total. The predicted molar refractivity (Wildman–Crippen MR) is 114 cm³/mol. The molecule has 0 spiro atoms. The molecule has 0 atom stereocenters. The summed E-state index contributed by atoms with van der Waals surface area (Å²) in [6.45, 7) is 2.39. The number of carbonyl (C=O) groups is 1. The van der Waals surface area contributed by atoms with Crippen molar-refractivity contribution >= 4 is 22.6 Å². The molecule has 0 fully saturated rings. The minimum atomic E-state index is -1.12. The molecule has 0 aliphatic heterocycles. The number of hydrogen-bond donors (Lipinski definition) is 2. The zero-order chi connectivity index (χ0) is 20.4. The lowest BCUT2D eigenvalue weighted by molar-refractivity contribution is 0.0700. The lowest BCUT2D eigenvalue weighted by Crippen LogP contribution is -2.10. The van der Waals surface area contributed by atoms with Gasteiger partial charge in [-0.1, -0.05) is 54.6 Å². The zero-order valence-corrected chi connectivity index (χ0v) is 15.8. The summed E-state index contributed by atoms with van der Waals surface area (Å²) in [6.07, 6.45) is 0. The number of halogens is 1. The maximum absolute atomic E-state index is 13.8. The van der Waals surface area contributed by atoms with E-state index >= 15 is 0 Å². The number of hydrogen-bond acceptors (Lipinski definition) is 3. The van der Waals surface area contributed by atoms with Crippen LogP contribution < -0.4 is 5.32 Å². The van der Waals surface area contributed by atoms with Crippen molar-refractivity contribution in [3.8, 4) is 22.4 Å². The van der Waals surface area contributed by atoms with E-state index in [1.165, 1.54) is 18.2 Å². The van der Waals surface area contributed by atoms with Crippen LogP contribution in [0.5, 0.6) is 0 Å². The summed E-state index contributed by atoms with van der Waals surface area (Å²) < 4.78 is 13.8. The van der Waals surface area contributed by atoms with E-state index < -0.39 is 11.8 Å². The fourth-order valence-corrected chi connectivity index (χ4v) is 3.47. The number of anilines is 1. The second kappa shape index (κ2) is 7.72. The fourth-order valence-electron chi connectivity index (χ4n) is 3.47. The lowest BCUT2D eigenvalue weighted by Gasteiger charge is -2.16. The molecule has 4 aromatic rings. The molecule has 0 aliphatic carbocycles. The van der Waals surface area contributed by atoms with E-state index in [1.807, 2.05) is 61.5 Å². The quantitative estimate of drug-likeness (QED) is 0.452. The first-order valence-electron chi connectivity index (χ1n) is 9.34. The third-order valence-electron chi connectivity index (χ3n) is 4.78. The number of carboxylic acid groups (broad SMARTS) is 1. The van der Waals surface area contributed by atoms with Gasteiger partial charge in [0.1, 0.15) is 5.82 Å². The van der Waals surface area contributed by atoms with Gasteiger partial charge in [-0.05, 0) is 36.2 Å². The maximum Gasteiger partial charge on any atom is 0.338 e. The molecular formula is C24H19FN2O2. The van der Waals surface area contributed by atoms with Gasteiger partial charge in [-0.25, -0.2) is 14.2 Å². The van der Waals surface area contributed by atoms with E-state index in [1.54, 1.807) is 0 Å². The smallest absolute Gasteiger partial charge is 0.338 e. The number of rotatable bonds is 5. The first-order chi connectivity index (χ1) is 14.1. The molecule has 0 aliphatic rings. The van der Waals surface area contributed by atoms with Crippen molar-refractivity contribution in [2.45, 2.75) is 6.92 Å². The standard InChI is InChI=1S/C24H19FN2O2/c1-2-26-23-21(24(28)29)19-14-18(25)12-13-20(19)27-22(23)17-10-8-16(9-11-17)15-6-4-3-5-7-15/h3-14,26H,2H2,1H3,(H,28,29). The van der Waals surface area contributed by atoms with E-state index in [9.17, 15) is 14.3 Å². The normalized spacial score (nSPS) is 10.8. The summed E-state index contributed by atoms with van der Waals surface area (Å²) in [5, 5.41) is 13.2. The van der Waals surface area contributed by atoms with E-state index in [0.29, 0.717) is 23.4 Å². The third kappa shape index (κ3) is 3.55. The van der Waals surface area contributed by atoms with Gasteiger partial charge in [0.15, 0.2) is 0 Å². The first kappa shape index (κ1) is 18.6. The van der Waals surface area contributed by atoms with Crippen molar-refractivity contribution in [2.75, 3.05) is 11.9 Å². The van der Waals surface area contributed by atoms with E-state index in [2.05, 4.69) is 10.3 Å². The van der Waals surface area contributed by atoms with Crippen LogP contribution in [0.3, 0.4) is 0 Å². The zero-order valence-electron chi connectivity index (χ0n) is 15.8. The molecule has 5 heteroatoms. The van der Waals surface area contributed by atoms with Gasteiger partial charge < -0.3 is 10.4 Å². The van der Waals surface area contributed by atoms with E-state index in [0.717, 1.165) is 16.7 Å². The Hall–Kier alpha value is -3.73. The lowest BCUT2D eigenvalue weighted by atomic mass is 9.98. The molecule has 2 N–H and O–H groups in total. The Kier molecular flexibility index (Phi) is 4.96. The molecule has 0 saturated heterocycles. The van der Waals surface area contributed by atoms with E-state index in [4.69, 9.17) is 0 Å². The van der Waals surface area contributed by atoms with Crippen molar-refractivity contribution in [3.05, 3.63) is 84.2 Å². The topological polar surface area (TPSA) is 62.2 Å². The van der Waals surface area contributed by atoms with Gasteiger partial charge in [0.2, 0.25) is 0 Å². The molecule has 0 unspecified atom stereocenters. The highest BCUT2D eigenvalue weighted by Gasteiger charge is 2.21. The minimum absolute atomic E-state index is 0.0264. The van der Waals surface area contributed by atoms with Crippen LogP contribution in [0.15, 0.2) is 72.8 Å². The fraction of sp³-hybridized carbons (Fsp3) is 0.0833. The minimum Gasteiger partial charge on any atom is -0.478 e. The van der Waals surface area contributed by atoms with E-state index in [-0.39, 0.29) is 10.9 Å². The van der Waals surface area contributed by atoms with Gasteiger partial charge in [0.25, 0.3) is 0 Å². The van der Waals surface area contributed by atoms with Gasteiger partial charge in [-0.15, -0.1) is 0 Å². The average molecular weight is 386 g/mol. The molecule has 0 amide bonds. The second-order valence-corrected chi connectivity index (χ2v) is 6.65. The molecule has 4 rings (SSSR count). The van der Waals surface area contributed by atoms with Crippen LogP contribution in [0.4, 0.5) is 10.1 Å². The Balaban J connectivity index is 1.92. The Morgan fingerprint density at radius 3 is 2.28 bits per heavy atom. The van der Waals surface area contributed by atoms with Crippen molar-refractivity contribution in [1.82, 2.24) is 4.98 Å². The van der Waals surface area contributed by atoms with Crippen molar-refractivity contribution in [3.63, 3.8) is 0 Å². The summed E-state index contributed by atoms with van der Waals surface area (Å²) in [4.78, 5) is 16.7. The molecule has 29 heavy (non-hydrogen) atoms. The predicted octanol–water partition coefficient (Wildman–Crippen LogP) is 5.84. The van der Waals surface area contributed by atoms with Gasteiger partial charge in [0, 0.05) is 17.5 Å². The summed E-state index contributed by atoms with van der Waals surface area (Å²) >= 11 is 0. The Bertz CT molecular complexity index is 1190. The summed E-state index contributed by atoms with van der Waals surface area (Å²) in [5.41, 5.74) is 4.33. The van der Waals surface area contributed by atoms with Gasteiger partial charge >= 0.3 is 5.97 Å². The molecule has 3 aromatic carbocycles. The highest BCUT2D eigenvalue weighted by molar-refractivity contribution is 6.10. The highest BCUT2D eigenvalue weighted by Crippen LogP contribution is 2.35. The number of pyridine rings is 1. The van der Waals surface area contributed by atoms with Crippen molar-refractivity contribution in [1.29, 1.82) is 0 Å². The SMILES string of the molecule is CCNc1c(-c2ccc(-c3ccccc3)cc2)nc2ccc(F)cc2c1C(=O)O. The number of nitrogens with one attached hydrogen (secondary N) is 1. The molecule has 0 radical (unpaired) electrons. The monoisotopic (exact) mass is 386 g/mol. The highest BCUT2D eigenvalue weighted by atomic mass is 19.1. The Morgan fingerprint density at radius 1 is 0.966 bits per heavy atom. The van der Waals surface area contributed by atoms with Crippen LogP contribution >= 0.6 is 0 Å². The van der Waals surface area contributed by atoms with Crippen LogP contribution in [0.1, 0.15) is 17.3 Å². The van der Waals surface area contributed by atoms with Crippen LogP contribution in [0.2, 0.25) is 0 Å². The van der Waals surface area contributed by atoms with Crippen LogP contribution in [0, 0.1) is 5.82 Å². The summed E-state index contributed by atoms with van der Waals surface area (Å²) in [6, 6.07) is 21.8. The second-order valence-electron chi connectivity index (χ2n) is 6.65.